The Morgan fingerprint density at radius 3 is 2.50 bits per heavy atom. The van der Waals surface area contributed by atoms with Gasteiger partial charge in [-0.25, -0.2) is 4.79 Å². The number of fused-ring (bicyclic) bond motifs is 1. The van der Waals surface area contributed by atoms with E-state index in [-0.39, 0.29) is 0 Å². The van der Waals surface area contributed by atoms with Gasteiger partial charge in [-0.15, -0.1) is 0 Å². The standard InChI is InChI=1S/C27H25N3O6/c1-17-4-3-5-21(14-17)36-20-9-7-19(8-10-20)28-24(31)16-30-25(32)27(2,29-26(30)33)18-6-11-22-23(15-18)35-13-12-34-22/h3-11,14-15H,12-13,16H2,1-2H3,(H,28,31)(H,29,33). The van der Waals surface area contributed by atoms with Crippen LogP contribution in [-0.2, 0) is 15.1 Å². The first-order chi connectivity index (χ1) is 17.3. The van der Waals surface area contributed by atoms with Crippen molar-refractivity contribution in [3.63, 3.8) is 0 Å². The van der Waals surface area contributed by atoms with Gasteiger partial charge in [0.2, 0.25) is 5.91 Å². The van der Waals surface area contributed by atoms with Gasteiger partial charge in [-0.3, -0.25) is 14.5 Å². The Balaban J connectivity index is 1.23. The molecule has 2 N–H and O–H groups in total. The first-order valence-corrected chi connectivity index (χ1v) is 11.5. The van der Waals surface area contributed by atoms with Crippen LogP contribution >= 0.6 is 0 Å². The van der Waals surface area contributed by atoms with E-state index in [1.165, 1.54) is 0 Å². The van der Waals surface area contributed by atoms with E-state index in [1.807, 2.05) is 31.2 Å². The minimum atomic E-state index is -1.33. The fourth-order valence-corrected chi connectivity index (χ4v) is 4.16. The molecule has 9 heteroatoms. The summed E-state index contributed by atoms with van der Waals surface area (Å²) < 4.78 is 16.9. The minimum absolute atomic E-state index is 0.402. The van der Waals surface area contributed by atoms with Crippen molar-refractivity contribution >= 4 is 23.5 Å². The van der Waals surface area contributed by atoms with E-state index in [0.717, 1.165) is 10.5 Å². The number of hydrogen-bond acceptors (Lipinski definition) is 6. The molecule has 9 nitrogen and oxygen atoms in total. The molecule has 3 aromatic carbocycles. The third-order valence-corrected chi connectivity index (χ3v) is 6.06. The molecule has 36 heavy (non-hydrogen) atoms. The van der Waals surface area contributed by atoms with E-state index in [1.54, 1.807) is 49.4 Å². The van der Waals surface area contributed by atoms with Gasteiger partial charge in [0.05, 0.1) is 0 Å². The van der Waals surface area contributed by atoms with Crippen molar-refractivity contribution in [2.75, 3.05) is 25.1 Å². The lowest BCUT2D eigenvalue weighted by molar-refractivity contribution is -0.133. The van der Waals surface area contributed by atoms with Crippen LogP contribution in [0.4, 0.5) is 10.5 Å². The van der Waals surface area contributed by atoms with Crippen molar-refractivity contribution in [3.8, 4) is 23.0 Å². The SMILES string of the molecule is Cc1cccc(Oc2ccc(NC(=O)CN3C(=O)NC(C)(c4ccc5c(c4)OCCO5)C3=O)cc2)c1. The summed E-state index contributed by atoms with van der Waals surface area (Å²) in [5, 5.41) is 5.41. The van der Waals surface area contributed by atoms with Crippen LogP contribution in [0, 0.1) is 6.92 Å². The molecule has 1 unspecified atom stereocenters. The number of hydrogen-bond donors (Lipinski definition) is 2. The Kier molecular flexibility index (Phi) is 5.97. The highest BCUT2D eigenvalue weighted by Crippen LogP contribution is 2.36. The Morgan fingerprint density at radius 2 is 1.75 bits per heavy atom. The van der Waals surface area contributed by atoms with Crippen LogP contribution < -0.4 is 24.8 Å². The molecule has 0 radical (unpaired) electrons. The van der Waals surface area contributed by atoms with Crippen molar-refractivity contribution in [2.45, 2.75) is 19.4 Å². The lowest BCUT2D eigenvalue weighted by atomic mass is 9.91. The molecule has 1 atom stereocenters. The third kappa shape index (κ3) is 4.55. The number of carbonyl (C=O) groups is 3. The number of urea groups is 1. The molecule has 1 fully saturated rings. The highest BCUT2D eigenvalue weighted by molar-refractivity contribution is 6.10. The Bertz CT molecular complexity index is 1340. The predicted octanol–water partition coefficient (Wildman–Crippen LogP) is 3.96. The molecular weight excluding hydrogens is 462 g/mol. The van der Waals surface area contributed by atoms with Gasteiger partial charge in [-0.1, -0.05) is 18.2 Å². The van der Waals surface area contributed by atoms with E-state index in [4.69, 9.17) is 14.2 Å². The smallest absolute Gasteiger partial charge is 0.325 e. The summed E-state index contributed by atoms with van der Waals surface area (Å²) in [5.41, 5.74) is 0.805. The van der Waals surface area contributed by atoms with E-state index < -0.39 is 29.9 Å². The maximum atomic E-state index is 13.2. The first kappa shape index (κ1) is 23.2. The summed E-state index contributed by atoms with van der Waals surface area (Å²) in [4.78, 5) is 39.4. The maximum absolute atomic E-state index is 13.2. The highest BCUT2D eigenvalue weighted by atomic mass is 16.6. The van der Waals surface area contributed by atoms with Gasteiger partial charge in [0, 0.05) is 5.69 Å². The van der Waals surface area contributed by atoms with Crippen molar-refractivity contribution in [1.82, 2.24) is 10.2 Å². The Hall–Kier alpha value is -4.53. The lowest BCUT2D eigenvalue weighted by Crippen LogP contribution is -2.42. The Morgan fingerprint density at radius 1 is 1.00 bits per heavy atom. The molecule has 5 rings (SSSR count). The second-order valence-electron chi connectivity index (χ2n) is 8.80. The average Bonchev–Trinajstić information content (AvgIpc) is 3.08. The van der Waals surface area contributed by atoms with Gasteiger partial charge in [0.25, 0.3) is 5.91 Å². The zero-order valence-electron chi connectivity index (χ0n) is 19.9. The molecule has 2 aliphatic rings. The van der Waals surface area contributed by atoms with Crippen molar-refractivity contribution < 1.29 is 28.6 Å². The number of amides is 4. The molecule has 2 heterocycles. The minimum Gasteiger partial charge on any atom is -0.486 e. The van der Waals surface area contributed by atoms with Gasteiger partial charge in [-0.05, 0) is 73.5 Å². The number of ether oxygens (including phenoxy) is 3. The number of anilines is 1. The number of benzene rings is 3. The number of imide groups is 1. The summed E-state index contributed by atoms with van der Waals surface area (Å²) in [5.74, 6) is 1.39. The number of aryl methyl sites for hydroxylation is 1. The van der Waals surface area contributed by atoms with E-state index in [2.05, 4.69) is 10.6 Å². The molecule has 4 amide bonds. The van der Waals surface area contributed by atoms with Gasteiger partial charge < -0.3 is 24.8 Å². The molecule has 0 spiro atoms. The number of rotatable bonds is 6. The summed E-state index contributed by atoms with van der Waals surface area (Å²) >= 11 is 0. The van der Waals surface area contributed by atoms with Crippen LogP contribution in [0.5, 0.6) is 23.0 Å². The van der Waals surface area contributed by atoms with E-state index in [0.29, 0.717) is 47.5 Å². The maximum Gasteiger partial charge on any atom is 0.325 e. The number of nitrogens with one attached hydrogen (secondary N) is 2. The van der Waals surface area contributed by atoms with Crippen molar-refractivity contribution in [3.05, 3.63) is 77.9 Å². The van der Waals surface area contributed by atoms with Crippen LogP contribution in [0.1, 0.15) is 18.1 Å². The van der Waals surface area contributed by atoms with Crippen LogP contribution in [0.25, 0.3) is 0 Å². The average molecular weight is 488 g/mol. The molecule has 3 aromatic rings. The normalized spacial score (nSPS) is 18.6. The second kappa shape index (κ2) is 9.26. The van der Waals surface area contributed by atoms with Gasteiger partial charge in [-0.2, -0.15) is 0 Å². The van der Waals surface area contributed by atoms with Crippen LogP contribution in [0.15, 0.2) is 66.7 Å². The molecule has 0 saturated carbocycles. The first-order valence-electron chi connectivity index (χ1n) is 11.5. The quantitative estimate of drug-likeness (QED) is 0.510. The fourth-order valence-electron chi connectivity index (χ4n) is 4.16. The molecule has 0 aliphatic carbocycles. The highest BCUT2D eigenvalue weighted by Gasteiger charge is 2.49. The van der Waals surface area contributed by atoms with Gasteiger partial charge >= 0.3 is 6.03 Å². The molecular formula is C27H25N3O6. The van der Waals surface area contributed by atoms with Crippen LogP contribution in [-0.4, -0.2) is 42.5 Å². The molecule has 1 saturated heterocycles. The molecule has 0 bridgehead atoms. The largest absolute Gasteiger partial charge is 0.486 e. The van der Waals surface area contributed by atoms with Crippen molar-refractivity contribution in [2.24, 2.45) is 0 Å². The zero-order valence-corrected chi connectivity index (χ0v) is 19.9. The van der Waals surface area contributed by atoms with Crippen LogP contribution in [0.2, 0.25) is 0 Å². The molecule has 184 valence electrons. The lowest BCUT2D eigenvalue weighted by Gasteiger charge is -2.25. The summed E-state index contributed by atoms with van der Waals surface area (Å²) in [6.07, 6.45) is 0. The molecule has 2 aliphatic heterocycles. The Labute approximate surface area is 208 Å². The number of carbonyl (C=O) groups excluding carboxylic acids is 3. The fraction of sp³-hybridized carbons (Fsp3) is 0.222. The van der Waals surface area contributed by atoms with Crippen LogP contribution in [0.3, 0.4) is 0 Å². The predicted molar refractivity (Wildman–Crippen MR) is 131 cm³/mol. The summed E-state index contributed by atoms with van der Waals surface area (Å²) in [7, 11) is 0. The monoisotopic (exact) mass is 487 g/mol. The van der Waals surface area contributed by atoms with Gasteiger partial charge in [0.1, 0.15) is 36.8 Å². The second-order valence-corrected chi connectivity index (χ2v) is 8.80. The topological polar surface area (TPSA) is 106 Å². The summed E-state index contributed by atoms with van der Waals surface area (Å²) in [6.45, 7) is 4.01. The van der Waals surface area contributed by atoms with Gasteiger partial charge in [0.15, 0.2) is 11.5 Å². The third-order valence-electron chi connectivity index (χ3n) is 6.06. The van der Waals surface area contributed by atoms with E-state index in [9.17, 15) is 14.4 Å². The van der Waals surface area contributed by atoms with E-state index >= 15 is 0 Å². The van der Waals surface area contributed by atoms with Crippen molar-refractivity contribution in [1.29, 1.82) is 0 Å². The summed E-state index contributed by atoms with van der Waals surface area (Å²) in [6, 6.07) is 18.9. The zero-order chi connectivity index (χ0) is 25.3. The number of nitrogens with zero attached hydrogens (tertiary/aromatic N) is 1. The molecule has 0 aromatic heterocycles.